The Morgan fingerprint density at radius 1 is 0.870 bits per heavy atom. The van der Waals surface area contributed by atoms with Gasteiger partial charge in [-0.05, 0) is 47.0 Å². The topological polar surface area (TPSA) is 53.2 Å². The first kappa shape index (κ1) is 14.7. The predicted molar refractivity (Wildman–Crippen MR) is 89.0 cm³/mol. The van der Waals surface area contributed by atoms with Gasteiger partial charge in [0, 0.05) is 0 Å². The first-order chi connectivity index (χ1) is 11.2. The lowest BCUT2D eigenvalue weighted by Gasteiger charge is -2.08. The van der Waals surface area contributed by atoms with E-state index < -0.39 is 0 Å². The summed E-state index contributed by atoms with van der Waals surface area (Å²) in [7, 11) is 0. The van der Waals surface area contributed by atoms with Gasteiger partial charge in [-0.3, -0.25) is 0 Å². The SMILES string of the molecule is N#Cc1cc(O)cc(-c2ccc(OCc3ccccc3)cc2)c1. The molecular weight excluding hydrogens is 286 g/mol. The highest BCUT2D eigenvalue weighted by molar-refractivity contribution is 5.67. The van der Waals surface area contributed by atoms with Crippen LogP contribution in [0.25, 0.3) is 11.1 Å². The van der Waals surface area contributed by atoms with Crippen molar-refractivity contribution in [2.75, 3.05) is 0 Å². The van der Waals surface area contributed by atoms with Crippen LogP contribution in [0, 0.1) is 11.3 Å². The number of phenols is 1. The van der Waals surface area contributed by atoms with Crippen LogP contribution in [0.4, 0.5) is 0 Å². The van der Waals surface area contributed by atoms with Crippen molar-refractivity contribution in [2.45, 2.75) is 6.61 Å². The van der Waals surface area contributed by atoms with Crippen LogP contribution in [0.2, 0.25) is 0 Å². The summed E-state index contributed by atoms with van der Waals surface area (Å²) in [4.78, 5) is 0. The predicted octanol–water partition coefficient (Wildman–Crippen LogP) is 4.51. The highest BCUT2D eigenvalue weighted by atomic mass is 16.5. The smallest absolute Gasteiger partial charge is 0.119 e. The minimum Gasteiger partial charge on any atom is -0.508 e. The van der Waals surface area contributed by atoms with Crippen molar-refractivity contribution in [1.29, 1.82) is 5.26 Å². The molecule has 0 spiro atoms. The number of nitriles is 1. The van der Waals surface area contributed by atoms with Gasteiger partial charge >= 0.3 is 0 Å². The maximum absolute atomic E-state index is 9.68. The van der Waals surface area contributed by atoms with Crippen LogP contribution in [0.15, 0.2) is 72.8 Å². The van der Waals surface area contributed by atoms with Gasteiger partial charge in [-0.2, -0.15) is 5.26 Å². The van der Waals surface area contributed by atoms with Crippen LogP contribution < -0.4 is 4.74 Å². The van der Waals surface area contributed by atoms with Gasteiger partial charge in [0.1, 0.15) is 18.1 Å². The van der Waals surface area contributed by atoms with Crippen molar-refractivity contribution >= 4 is 0 Å². The zero-order valence-electron chi connectivity index (χ0n) is 12.4. The second-order valence-electron chi connectivity index (χ2n) is 5.18. The average molecular weight is 301 g/mol. The molecule has 0 unspecified atom stereocenters. The number of benzene rings is 3. The molecule has 0 amide bonds. The molecule has 0 saturated heterocycles. The van der Waals surface area contributed by atoms with Gasteiger partial charge < -0.3 is 9.84 Å². The molecule has 0 aliphatic carbocycles. The van der Waals surface area contributed by atoms with Gasteiger partial charge in [0.05, 0.1) is 11.6 Å². The molecule has 3 heteroatoms. The minimum atomic E-state index is 0.0865. The largest absolute Gasteiger partial charge is 0.508 e. The summed E-state index contributed by atoms with van der Waals surface area (Å²) in [6, 6.07) is 24.4. The van der Waals surface area contributed by atoms with Crippen LogP contribution >= 0.6 is 0 Å². The molecule has 112 valence electrons. The number of hydrogen-bond acceptors (Lipinski definition) is 3. The lowest BCUT2D eigenvalue weighted by molar-refractivity contribution is 0.306. The van der Waals surface area contributed by atoms with Gasteiger partial charge in [0.2, 0.25) is 0 Å². The summed E-state index contributed by atoms with van der Waals surface area (Å²) in [6.45, 7) is 0.519. The fourth-order valence-corrected chi connectivity index (χ4v) is 2.33. The number of aromatic hydroxyl groups is 1. The normalized spacial score (nSPS) is 10.0. The third kappa shape index (κ3) is 3.69. The Kier molecular flexibility index (Phi) is 4.26. The summed E-state index contributed by atoms with van der Waals surface area (Å²) in [6.07, 6.45) is 0. The molecule has 3 nitrogen and oxygen atoms in total. The maximum atomic E-state index is 9.68. The number of nitrogens with zero attached hydrogens (tertiary/aromatic N) is 1. The van der Waals surface area contributed by atoms with Crippen molar-refractivity contribution in [3.63, 3.8) is 0 Å². The molecule has 3 aromatic rings. The van der Waals surface area contributed by atoms with Crippen molar-refractivity contribution in [1.82, 2.24) is 0 Å². The van der Waals surface area contributed by atoms with E-state index in [1.807, 2.05) is 60.7 Å². The molecule has 0 radical (unpaired) electrons. The second-order valence-corrected chi connectivity index (χ2v) is 5.18. The molecule has 0 bridgehead atoms. The van der Waals surface area contributed by atoms with Crippen molar-refractivity contribution in [3.05, 3.63) is 83.9 Å². The lowest BCUT2D eigenvalue weighted by atomic mass is 10.0. The quantitative estimate of drug-likeness (QED) is 0.771. The van der Waals surface area contributed by atoms with E-state index >= 15 is 0 Å². The molecule has 0 aliphatic rings. The van der Waals surface area contributed by atoms with Gasteiger partial charge in [0.25, 0.3) is 0 Å². The zero-order chi connectivity index (χ0) is 16.1. The highest BCUT2D eigenvalue weighted by Crippen LogP contribution is 2.27. The van der Waals surface area contributed by atoms with Crippen LogP contribution in [0.3, 0.4) is 0 Å². The number of hydrogen-bond donors (Lipinski definition) is 1. The Morgan fingerprint density at radius 2 is 1.61 bits per heavy atom. The Hall–Kier alpha value is -3.25. The molecule has 0 saturated carbocycles. The maximum Gasteiger partial charge on any atom is 0.119 e. The monoisotopic (exact) mass is 301 g/mol. The second kappa shape index (κ2) is 6.67. The van der Waals surface area contributed by atoms with Gasteiger partial charge in [0.15, 0.2) is 0 Å². The average Bonchev–Trinajstić information content (AvgIpc) is 2.60. The Bertz CT molecular complexity index is 834. The van der Waals surface area contributed by atoms with E-state index in [4.69, 9.17) is 10.00 Å². The first-order valence-electron chi connectivity index (χ1n) is 7.26. The third-order valence-corrected chi connectivity index (χ3v) is 3.48. The van der Waals surface area contributed by atoms with E-state index in [-0.39, 0.29) is 5.75 Å². The summed E-state index contributed by atoms with van der Waals surface area (Å²) in [5.74, 6) is 0.863. The Morgan fingerprint density at radius 3 is 2.30 bits per heavy atom. The lowest BCUT2D eigenvalue weighted by Crippen LogP contribution is -1.94. The number of ether oxygens (including phenoxy) is 1. The Labute approximate surface area is 135 Å². The molecule has 0 aliphatic heterocycles. The van der Waals surface area contributed by atoms with Gasteiger partial charge in [-0.15, -0.1) is 0 Å². The summed E-state index contributed by atoms with van der Waals surface area (Å²) in [5.41, 5.74) is 3.27. The summed E-state index contributed by atoms with van der Waals surface area (Å²) < 4.78 is 5.75. The van der Waals surface area contributed by atoms with E-state index in [9.17, 15) is 5.11 Å². The van der Waals surface area contributed by atoms with Crippen LogP contribution in [0.1, 0.15) is 11.1 Å². The van der Waals surface area contributed by atoms with Crippen molar-refractivity contribution < 1.29 is 9.84 Å². The molecule has 0 atom stereocenters. The Balaban J connectivity index is 1.75. The fraction of sp³-hybridized carbons (Fsp3) is 0.0500. The van der Waals surface area contributed by atoms with E-state index in [0.29, 0.717) is 12.2 Å². The molecule has 23 heavy (non-hydrogen) atoms. The van der Waals surface area contributed by atoms with E-state index in [1.165, 1.54) is 6.07 Å². The number of phenolic OH excluding ortho intramolecular Hbond substituents is 1. The van der Waals surface area contributed by atoms with E-state index in [1.54, 1.807) is 12.1 Å². The van der Waals surface area contributed by atoms with Crippen molar-refractivity contribution in [3.8, 4) is 28.7 Å². The van der Waals surface area contributed by atoms with Crippen molar-refractivity contribution in [2.24, 2.45) is 0 Å². The van der Waals surface area contributed by atoms with Gasteiger partial charge in [-0.1, -0.05) is 42.5 Å². The molecule has 0 fully saturated rings. The molecule has 3 rings (SSSR count). The summed E-state index contributed by atoms with van der Waals surface area (Å²) >= 11 is 0. The molecule has 0 aromatic heterocycles. The van der Waals surface area contributed by atoms with Gasteiger partial charge in [-0.25, -0.2) is 0 Å². The molecule has 3 aromatic carbocycles. The first-order valence-corrected chi connectivity index (χ1v) is 7.26. The number of rotatable bonds is 4. The van der Waals surface area contributed by atoms with E-state index in [0.717, 1.165) is 22.4 Å². The van der Waals surface area contributed by atoms with Crippen LogP contribution in [0.5, 0.6) is 11.5 Å². The minimum absolute atomic E-state index is 0.0865. The zero-order valence-corrected chi connectivity index (χ0v) is 12.4. The fourth-order valence-electron chi connectivity index (χ4n) is 2.33. The standard InChI is InChI=1S/C20H15NO2/c21-13-16-10-18(12-19(22)11-16)17-6-8-20(9-7-17)23-14-15-4-2-1-3-5-15/h1-12,22H,14H2. The highest BCUT2D eigenvalue weighted by Gasteiger charge is 2.03. The third-order valence-electron chi connectivity index (χ3n) is 3.48. The van der Waals surface area contributed by atoms with Crippen LogP contribution in [-0.2, 0) is 6.61 Å². The molecule has 1 N–H and O–H groups in total. The molecular formula is C20H15NO2. The van der Waals surface area contributed by atoms with Crippen LogP contribution in [-0.4, -0.2) is 5.11 Å². The van der Waals surface area contributed by atoms with E-state index in [2.05, 4.69) is 0 Å². The molecule has 0 heterocycles. The summed E-state index contributed by atoms with van der Waals surface area (Å²) in [5, 5.41) is 18.7.